The Balaban J connectivity index is 1.99. The van der Waals surface area contributed by atoms with Gasteiger partial charge < -0.3 is 10.6 Å². The number of amides is 4. The summed E-state index contributed by atoms with van der Waals surface area (Å²) in [5.74, 6) is -1.38. The maximum atomic E-state index is 11.9. The van der Waals surface area contributed by atoms with Crippen molar-refractivity contribution >= 4 is 29.3 Å². The number of nitrogens with one attached hydrogen (secondary N) is 2. The standard InChI is InChI=1S/C15H17N3O4/c1-2-16-15(22)10-4-3-5-11(8-10)17-12(19)9-18-13(20)6-7-14(18)21/h3-5,8H,2,6-7,9H2,1H3,(H,16,22)(H,17,19). The predicted molar refractivity (Wildman–Crippen MR) is 79.0 cm³/mol. The zero-order valence-electron chi connectivity index (χ0n) is 12.2. The van der Waals surface area contributed by atoms with Crippen molar-refractivity contribution in [2.45, 2.75) is 19.8 Å². The summed E-state index contributed by atoms with van der Waals surface area (Å²) in [4.78, 5) is 47.5. The van der Waals surface area contributed by atoms with Gasteiger partial charge in [-0.05, 0) is 25.1 Å². The second kappa shape index (κ2) is 6.84. The lowest BCUT2D eigenvalue weighted by Gasteiger charge is -2.13. The molecule has 4 amide bonds. The number of imide groups is 1. The maximum absolute atomic E-state index is 11.9. The zero-order valence-corrected chi connectivity index (χ0v) is 12.2. The van der Waals surface area contributed by atoms with E-state index < -0.39 is 5.91 Å². The number of nitrogens with zero attached hydrogens (tertiary/aromatic N) is 1. The zero-order chi connectivity index (χ0) is 16.1. The Bertz CT molecular complexity index is 611. The minimum Gasteiger partial charge on any atom is -0.352 e. The summed E-state index contributed by atoms with van der Waals surface area (Å²) in [5, 5.41) is 5.25. The first-order chi connectivity index (χ1) is 10.5. The number of rotatable bonds is 5. The third-order valence-corrected chi connectivity index (χ3v) is 3.20. The van der Waals surface area contributed by atoms with Gasteiger partial charge in [0, 0.05) is 30.6 Å². The summed E-state index contributed by atoms with van der Waals surface area (Å²) < 4.78 is 0. The second-order valence-electron chi connectivity index (χ2n) is 4.86. The van der Waals surface area contributed by atoms with Crippen molar-refractivity contribution in [1.82, 2.24) is 10.2 Å². The molecule has 1 aromatic rings. The quantitative estimate of drug-likeness (QED) is 0.775. The number of likely N-dealkylation sites (tertiary alicyclic amines) is 1. The predicted octanol–water partition coefficient (Wildman–Crippen LogP) is 0.524. The molecular weight excluding hydrogens is 286 g/mol. The van der Waals surface area contributed by atoms with Crippen molar-refractivity contribution in [3.8, 4) is 0 Å². The monoisotopic (exact) mass is 303 g/mol. The van der Waals surface area contributed by atoms with E-state index in [-0.39, 0.29) is 37.1 Å². The molecule has 1 fully saturated rings. The van der Waals surface area contributed by atoms with Gasteiger partial charge in [0.25, 0.3) is 5.91 Å². The fraction of sp³-hybridized carbons (Fsp3) is 0.333. The molecule has 2 N–H and O–H groups in total. The van der Waals surface area contributed by atoms with Crippen LogP contribution in [-0.2, 0) is 14.4 Å². The average Bonchev–Trinajstić information content (AvgIpc) is 2.79. The van der Waals surface area contributed by atoms with Gasteiger partial charge in [-0.2, -0.15) is 0 Å². The van der Waals surface area contributed by atoms with Gasteiger partial charge >= 0.3 is 0 Å². The maximum Gasteiger partial charge on any atom is 0.251 e. The molecule has 1 heterocycles. The largest absolute Gasteiger partial charge is 0.352 e. The van der Waals surface area contributed by atoms with Crippen molar-refractivity contribution in [3.05, 3.63) is 29.8 Å². The van der Waals surface area contributed by atoms with Gasteiger partial charge in [0.2, 0.25) is 17.7 Å². The van der Waals surface area contributed by atoms with Gasteiger partial charge in [-0.25, -0.2) is 0 Å². The van der Waals surface area contributed by atoms with Crippen molar-refractivity contribution in [1.29, 1.82) is 0 Å². The molecule has 0 saturated carbocycles. The fourth-order valence-electron chi connectivity index (χ4n) is 2.14. The molecule has 0 radical (unpaired) electrons. The smallest absolute Gasteiger partial charge is 0.251 e. The average molecular weight is 303 g/mol. The van der Waals surface area contributed by atoms with Crippen LogP contribution in [0.3, 0.4) is 0 Å². The topological polar surface area (TPSA) is 95.6 Å². The number of hydrogen-bond acceptors (Lipinski definition) is 4. The summed E-state index contributed by atoms with van der Waals surface area (Å²) in [7, 11) is 0. The van der Waals surface area contributed by atoms with E-state index in [4.69, 9.17) is 0 Å². The van der Waals surface area contributed by atoms with Gasteiger partial charge in [-0.1, -0.05) is 6.07 Å². The van der Waals surface area contributed by atoms with Crippen molar-refractivity contribution in [2.24, 2.45) is 0 Å². The molecule has 1 aromatic carbocycles. The molecule has 0 unspecified atom stereocenters. The molecule has 7 nitrogen and oxygen atoms in total. The molecule has 0 bridgehead atoms. The van der Waals surface area contributed by atoms with Crippen LogP contribution in [0.5, 0.6) is 0 Å². The highest BCUT2D eigenvalue weighted by molar-refractivity contribution is 6.06. The second-order valence-corrected chi connectivity index (χ2v) is 4.86. The van der Waals surface area contributed by atoms with E-state index in [1.54, 1.807) is 18.2 Å². The number of carbonyl (C=O) groups excluding carboxylic acids is 4. The fourth-order valence-corrected chi connectivity index (χ4v) is 2.14. The third kappa shape index (κ3) is 3.69. The summed E-state index contributed by atoms with van der Waals surface area (Å²) >= 11 is 0. The lowest BCUT2D eigenvalue weighted by Crippen LogP contribution is -2.36. The van der Waals surface area contributed by atoms with Crippen molar-refractivity contribution in [3.63, 3.8) is 0 Å². The number of anilines is 1. The number of benzene rings is 1. The summed E-state index contributed by atoms with van der Waals surface area (Å²) in [6.45, 7) is 2.02. The van der Waals surface area contributed by atoms with Crippen LogP contribution in [0.25, 0.3) is 0 Å². The molecule has 0 aliphatic carbocycles. The Morgan fingerprint density at radius 1 is 1.18 bits per heavy atom. The van der Waals surface area contributed by atoms with E-state index in [0.717, 1.165) is 4.90 Å². The molecule has 1 aliphatic heterocycles. The minimum absolute atomic E-state index is 0.152. The first kappa shape index (κ1) is 15.7. The normalized spacial score (nSPS) is 14.1. The van der Waals surface area contributed by atoms with Crippen LogP contribution < -0.4 is 10.6 Å². The molecule has 116 valence electrons. The van der Waals surface area contributed by atoms with Crippen LogP contribution in [0.4, 0.5) is 5.69 Å². The van der Waals surface area contributed by atoms with E-state index in [2.05, 4.69) is 10.6 Å². The van der Waals surface area contributed by atoms with E-state index in [1.165, 1.54) is 6.07 Å². The van der Waals surface area contributed by atoms with E-state index in [1.807, 2.05) is 6.92 Å². The van der Waals surface area contributed by atoms with Crippen LogP contribution in [0.1, 0.15) is 30.1 Å². The van der Waals surface area contributed by atoms with Gasteiger partial charge in [0.05, 0.1) is 0 Å². The van der Waals surface area contributed by atoms with Crippen molar-refractivity contribution in [2.75, 3.05) is 18.4 Å². The Labute approximate surface area is 127 Å². The first-order valence-corrected chi connectivity index (χ1v) is 7.02. The SMILES string of the molecule is CCNC(=O)c1cccc(NC(=O)CN2C(=O)CCC2=O)c1. The Morgan fingerprint density at radius 3 is 2.50 bits per heavy atom. The van der Waals surface area contributed by atoms with E-state index in [9.17, 15) is 19.2 Å². The van der Waals surface area contributed by atoms with E-state index in [0.29, 0.717) is 17.8 Å². The Kier molecular flexibility index (Phi) is 4.88. The highest BCUT2D eigenvalue weighted by Gasteiger charge is 2.30. The number of carbonyl (C=O) groups is 4. The third-order valence-electron chi connectivity index (χ3n) is 3.20. The highest BCUT2D eigenvalue weighted by Crippen LogP contribution is 2.13. The molecule has 1 saturated heterocycles. The molecule has 0 atom stereocenters. The summed E-state index contributed by atoms with van der Waals surface area (Å²) in [6.07, 6.45) is 0.303. The summed E-state index contributed by atoms with van der Waals surface area (Å²) in [6, 6.07) is 6.45. The minimum atomic E-state index is -0.475. The van der Waals surface area contributed by atoms with Crippen LogP contribution in [0, 0.1) is 0 Å². The lowest BCUT2D eigenvalue weighted by atomic mass is 10.2. The van der Waals surface area contributed by atoms with Gasteiger partial charge in [-0.15, -0.1) is 0 Å². The molecule has 0 aromatic heterocycles. The van der Waals surface area contributed by atoms with Gasteiger partial charge in [0.1, 0.15) is 6.54 Å². The Hall–Kier alpha value is -2.70. The summed E-state index contributed by atoms with van der Waals surface area (Å²) in [5.41, 5.74) is 0.862. The van der Waals surface area contributed by atoms with Crippen LogP contribution >= 0.6 is 0 Å². The van der Waals surface area contributed by atoms with E-state index >= 15 is 0 Å². The molecule has 0 spiro atoms. The molecule has 22 heavy (non-hydrogen) atoms. The molecule has 7 heteroatoms. The molecule has 2 rings (SSSR count). The first-order valence-electron chi connectivity index (χ1n) is 7.02. The van der Waals surface area contributed by atoms with Crippen LogP contribution in [0.2, 0.25) is 0 Å². The highest BCUT2D eigenvalue weighted by atomic mass is 16.2. The number of hydrogen-bond donors (Lipinski definition) is 2. The van der Waals surface area contributed by atoms with Crippen molar-refractivity contribution < 1.29 is 19.2 Å². The van der Waals surface area contributed by atoms with Crippen LogP contribution in [0.15, 0.2) is 24.3 Å². The lowest BCUT2D eigenvalue weighted by molar-refractivity contribution is -0.141. The molecular formula is C15H17N3O4. The molecule has 1 aliphatic rings. The van der Waals surface area contributed by atoms with Gasteiger partial charge in [-0.3, -0.25) is 24.1 Å². The van der Waals surface area contributed by atoms with Crippen LogP contribution in [-0.4, -0.2) is 41.6 Å². The Morgan fingerprint density at radius 2 is 1.86 bits per heavy atom. The van der Waals surface area contributed by atoms with Gasteiger partial charge in [0.15, 0.2) is 0 Å².